The van der Waals surface area contributed by atoms with E-state index in [4.69, 9.17) is 0 Å². The summed E-state index contributed by atoms with van der Waals surface area (Å²) in [6, 6.07) is 11.7. The molecule has 0 aliphatic carbocycles. The average Bonchev–Trinajstić information content (AvgIpc) is 2.57. The van der Waals surface area contributed by atoms with Crippen LogP contribution in [-0.4, -0.2) is 28.4 Å². The molecule has 2 rings (SSSR count). The number of para-hydroxylation sites is 1. The van der Waals surface area contributed by atoms with Crippen LogP contribution in [0.5, 0.6) is 0 Å². The average molecular weight is 326 g/mol. The number of hydrogen-bond donors (Lipinski definition) is 0. The fourth-order valence-corrected chi connectivity index (χ4v) is 3.00. The molecule has 0 aliphatic heterocycles. The molecule has 0 unspecified atom stereocenters. The van der Waals surface area contributed by atoms with Crippen molar-refractivity contribution < 1.29 is 4.79 Å². The zero-order chi connectivity index (χ0) is 16.8. The number of nitrogens with zero attached hydrogens (tertiary/aromatic N) is 4. The molecule has 0 atom stereocenters. The Morgan fingerprint density at radius 3 is 2.57 bits per heavy atom. The van der Waals surface area contributed by atoms with Gasteiger partial charge in [0.25, 0.3) is 0 Å². The van der Waals surface area contributed by atoms with Gasteiger partial charge in [0.05, 0.1) is 17.0 Å². The highest BCUT2D eigenvalue weighted by Crippen LogP contribution is 2.24. The molecule has 5 nitrogen and oxygen atoms in total. The molecule has 0 bridgehead atoms. The van der Waals surface area contributed by atoms with Gasteiger partial charge in [0.1, 0.15) is 11.1 Å². The zero-order valence-electron chi connectivity index (χ0n) is 13.4. The number of amides is 1. The molecule has 1 aromatic carbocycles. The van der Waals surface area contributed by atoms with Crippen LogP contribution in [0.1, 0.15) is 23.7 Å². The maximum Gasteiger partial charge on any atom is 0.237 e. The Morgan fingerprint density at radius 2 is 1.96 bits per heavy atom. The molecular weight excluding hydrogens is 308 g/mol. The highest BCUT2D eigenvalue weighted by molar-refractivity contribution is 8.00. The fourth-order valence-electron chi connectivity index (χ4n) is 2.14. The van der Waals surface area contributed by atoms with E-state index in [1.165, 1.54) is 11.8 Å². The van der Waals surface area contributed by atoms with E-state index in [1.807, 2.05) is 51.1 Å². The van der Waals surface area contributed by atoms with E-state index < -0.39 is 0 Å². The number of aromatic nitrogens is 2. The lowest BCUT2D eigenvalue weighted by molar-refractivity contribution is -0.116. The molecule has 0 radical (unpaired) electrons. The van der Waals surface area contributed by atoms with Crippen LogP contribution in [0.4, 0.5) is 5.69 Å². The van der Waals surface area contributed by atoms with Crippen LogP contribution in [0.2, 0.25) is 0 Å². The summed E-state index contributed by atoms with van der Waals surface area (Å²) in [6.45, 7) is 6.19. The van der Waals surface area contributed by atoms with Gasteiger partial charge in [-0.2, -0.15) is 10.4 Å². The lowest BCUT2D eigenvalue weighted by Crippen LogP contribution is -2.32. The van der Waals surface area contributed by atoms with Crippen molar-refractivity contribution >= 4 is 23.4 Å². The van der Waals surface area contributed by atoms with Crippen LogP contribution in [-0.2, 0) is 4.79 Å². The molecule has 118 valence electrons. The number of aryl methyl sites for hydroxylation is 1. The first kappa shape index (κ1) is 17.0. The van der Waals surface area contributed by atoms with Gasteiger partial charge in [0.15, 0.2) is 0 Å². The van der Waals surface area contributed by atoms with Gasteiger partial charge in [-0.25, -0.2) is 0 Å². The van der Waals surface area contributed by atoms with Crippen molar-refractivity contribution in [2.75, 3.05) is 17.2 Å². The van der Waals surface area contributed by atoms with Crippen molar-refractivity contribution in [3.8, 4) is 6.07 Å². The monoisotopic (exact) mass is 326 g/mol. The molecule has 23 heavy (non-hydrogen) atoms. The quantitative estimate of drug-likeness (QED) is 0.790. The van der Waals surface area contributed by atoms with E-state index in [1.54, 1.807) is 4.90 Å². The normalized spacial score (nSPS) is 10.2. The lowest BCUT2D eigenvalue weighted by atomic mass is 10.1. The minimum atomic E-state index is -0.0207. The van der Waals surface area contributed by atoms with Crippen molar-refractivity contribution in [2.24, 2.45) is 0 Å². The molecule has 0 fully saturated rings. The van der Waals surface area contributed by atoms with E-state index in [-0.39, 0.29) is 11.7 Å². The van der Waals surface area contributed by atoms with Gasteiger partial charge >= 0.3 is 0 Å². The Bertz CT molecular complexity index is 740. The number of carbonyl (C=O) groups is 1. The van der Waals surface area contributed by atoms with Gasteiger partial charge in [-0.05, 0) is 38.5 Å². The predicted molar refractivity (Wildman–Crippen MR) is 91.4 cm³/mol. The number of thioether (sulfide) groups is 1. The molecule has 2 aromatic rings. The second kappa shape index (κ2) is 7.75. The van der Waals surface area contributed by atoms with Crippen molar-refractivity contribution in [3.63, 3.8) is 0 Å². The molecule has 1 amide bonds. The third kappa shape index (κ3) is 3.88. The summed E-state index contributed by atoms with van der Waals surface area (Å²) in [5.41, 5.74) is 2.91. The molecular formula is C17H18N4OS. The van der Waals surface area contributed by atoms with Crippen molar-refractivity contribution in [3.05, 3.63) is 47.2 Å². The summed E-state index contributed by atoms with van der Waals surface area (Å²) in [7, 11) is 0. The highest BCUT2D eigenvalue weighted by Gasteiger charge is 2.17. The summed E-state index contributed by atoms with van der Waals surface area (Å²) < 4.78 is 0. The van der Waals surface area contributed by atoms with E-state index in [0.717, 1.165) is 16.9 Å². The van der Waals surface area contributed by atoms with E-state index in [9.17, 15) is 10.1 Å². The number of rotatable bonds is 5. The number of benzene rings is 1. The summed E-state index contributed by atoms with van der Waals surface area (Å²) >= 11 is 1.25. The van der Waals surface area contributed by atoms with Gasteiger partial charge in [-0.15, -0.1) is 5.10 Å². The van der Waals surface area contributed by atoms with Crippen molar-refractivity contribution in [1.29, 1.82) is 5.26 Å². The molecule has 0 saturated heterocycles. The maximum atomic E-state index is 12.5. The van der Waals surface area contributed by atoms with Crippen molar-refractivity contribution in [1.82, 2.24) is 10.2 Å². The number of carbonyl (C=O) groups excluding carboxylic acids is 1. The summed E-state index contributed by atoms with van der Waals surface area (Å²) in [5.74, 6) is 0.196. The Labute approximate surface area is 140 Å². The SMILES string of the molecule is CCN(C(=O)CSc1nnc(C)c(C)c1C#N)c1ccccc1. The Hall–Kier alpha value is -2.39. The molecule has 1 heterocycles. The zero-order valence-corrected chi connectivity index (χ0v) is 14.2. The predicted octanol–water partition coefficient (Wildman–Crippen LogP) is 3.11. The smallest absolute Gasteiger partial charge is 0.237 e. The van der Waals surface area contributed by atoms with Gasteiger partial charge in [0.2, 0.25) is 5.91 Å². The van der Waals surface area contributed by atoms with Crippen LogP contribution in [0.25, 0.3) is 0 Å². The first-order valence-corrected chi connectivity index (χ1v) is 8.29. The van der Waals surface area contributed by atoms with Gasteiger partial charge in [-0.3, -0.25) is 4.79 Å². The Kier molecular flexibility index (Phi) is 5.72. The molecule has 0 saturated carbocycles. The Balaban J connectivity index is 2.13. The second-order valence-electron chi connectivity index (χ2n) is 4.96. The molecule has 0 N–H and O–H groups in total. The van der Waals surface area contributed by atoms with Crippen LogP contribution in [0.3, 0.4) is 0 Å². The van der Waals surface area contributed by atoms with Crippen molar-refractivity contribution in [2.45, 2.75) is 25.8 Å². The van der Waals surface area contributed by atoms with Crippen LogP contribution in [0, 0.1) is 25.2 Å². The first-order valence-electron chi connectivity index (χ1n) is 7.30. The summed E-state index contributed by atoms with van der Waals surface area (Å²) in [5, 5.41) is 17.9. The van der Waals surface area contributed by atoms with E-state index in [2.05, 4.69) is 16.3 Å². The highest BCUT2D eigenvalue weighted by atomic mass is 32.2. The number of anilines is 1. The van der Waals surface area contributed by atoms with Gasteiger partial charge < -0.3 is 4.90 Å². The standard InChI is InChI=1S/C17H18N4OS/c1-4-21(14-8-6-5-7-9-14)16(22)11-23-17-15(10-18)12(2)13(3)19-20-17/h5-9H,4,11H2,1-3H3. The molecule has 0 spiro atoms. The van der Waals surface area contributed by atoms with Gasteiger partial charge in [-0.1, -0.05) is 30.0 Å². The molecule has 1 aromatic heterocycles. The van der Waals surface area contributed by atoms with Crippen LogP contribution < -0.4 is 4.90 Å². The maximum absolute atomic E-state index is 12.5. The van der Waals surface area contributed by atoms with Crippen LogP contribution >= 0.6 is 11.8 Å². The van der Waals surface area contributed by atoms with Gasteiger partial charge in [0, 0.05) is 12.2 Å². The number of nitriles is 1. The minimum absolute atomic E-state index is 0.0207. The molecule has 0 aliphatic rings. The summed E-state index contributed by atoms with van der Waals surface area (Å²) in [6.07, 6.45) is 0. The number of hydrogen-bond acceptors (Lipinski definition) is 5. The van der Waals surface area contributed by atoms with Crippen LogP contribution in [0.15, 0.2) is 35.4 Å². The van der Waals surface area contributed by atoms with E-state index in [0.29, 0.717) is 17.1 Å². The first-order chi connectivity index (χ1) is 11.1. The Morgan fingerprint density at radius 1 is 1.26 bits per heavy atom. The summed E-state index contributed by atoms with van der Waals surface area (Å²) in [4.78, 5) is 14.2. The minimum Gasteiger partial charge on any atom is -0.312 e. The van der Waals surface area contributed by atoms with E-state index >= 15 is 0 Å². The third-order valence-corrected chi connectivity index (χ3v) is 4.50. The largest absolute Gasteiger partial charge is 0.312 e. The fraction of sp³-hybridized carbons (Fsp3) is 0.294. The second-order valence-corrected chi connectivity index (χ2v) is 5.93. The third-order valence-electron chi connectivity index (χ3n) is 3.55. The molecule has 6 heteroatoms. The topological polar surface area (TPSA) is 69.9 Å². The lowest BCUT2D eigenvalue weighted by Gasteiger charge is -2.20.